The molecule has 17 heavy (non-hydrogen) atoms. The van der Waals surface area contributed by atoms with Crippen LogP contribution >= 0.6 is 0 Å². The molecular weight excluding hydrogens is 212 g/mol. The molecule has 3 heteroatoms. The van der Waals surface area contributed by atoms with Crippen LogP contribution in [0.25, 0.3) is 5.69 Å². The molecular formula is C14H16N2O. The highest BCUT2D eigenvalue weighted by Crippen LogP contribution is 2.15. The monoisotopic (exact) mass is 228 g/mol. The summed E-state index contributed by atoms with van der Waals surface area (Å²) in [5.41, 5.74) is 9.39. The van der Waals surface area contributed by atoms with Crippen LogP contribution in [0, 0.1) is 6.92 Å². The molecule has 0 bridgehead atoms. The molecule has 2 aromatic rings. The second-order valence-corrected chi connectivity index (χ2v) is 4.14. The van der Waals surface area contributed by atoms with E-state index in [1.807, 2.05) is 44.3 Å². The zero-order valence-electron chi connectivity index (χ0n) is 10.1. The Morgan fingerprint density at radius 2 is 2.00 bits per heavy atom. The van der Waals surface area contributed by atoms with Crippen LogP contribution in [-0.4, -0.2) is 4.57 Å². The number of hydrogen-bond acceptors (Lipinski definition) is 2. The zero-order valence-corrected chi connectivity index (χ0v) is 10.1. The number of nitrogens with zero attached hydrogens (tertiary/aromatic N) is 1. The maximum Gasteiger partial charge on any atom is 0.255 e. The Balaban J connectivity index is 2.53. The quantitative estimate of drug-likeness (QED) is 0.802. The van der Waals surface area contributed by atoms with Crippen molar-refractivity contribution in [2.75, 3.05) is 5.73 Å². The molecule has 3 nitrogen and oxygen atoms in total. The molecule has 0 spiro atoms. The first kappa shape index (κ1) is 11.5. The van der Waals surface area contributed by atoms with Gasteiger partial charge in [0, 0.05) is 23.6 Å². The van der Waals surface area contributed by atoms with E-state index in [0.29, 0.717) is 0 Å². The number of pyridine rings is 1. The molecule has 2 rings (SSSR count). The Bertz CT molecular complexity index is 599. The van der Waals surface area contributed by atoms with E-state index >= 15 is 0 Å². The van der Waals surface area contributed by atoms with E-state index in [9.17, 15) is 4.79 Å². The van der Waals surface area contributed by atoms with Crippen LogP contribution in [0.15, 0.2) is 41.3 Å². The number of aromatic nitrogens is 1. The molecule has 0 atom stereocenters. The van der Waals surface area contributed by atoms with E-state index in [-0.39, 0.29) is 5.56 Å². The third-order valence-corrected chi connectivity index (χ3v) is 2.92. The van der Waals surface area contributed by atoms with Crippen molar-refractivity contribution in [3.63, 3.8) is 0 Å². The minimum absolute atomic E-state index is 0.00600. The predicted molar refractivity (Wildman–Crippen MR) is 70.6 cm³/mol. The summed E-state index contributed by atoms with van der Waals surface area (Å²) in [5, 5.41) is 0. The Labute approximate surface area is 101 Å². The van der Waals surface area contributed by atoms with Crippen LogP contribution in [0.1, 0.15) is 18.1 Å². The van der Waals surface area contributed by atoms with Gasteiger partial charge in [0.2, 0.25) is 0 Å². The molecule has 1 aromatic heterocycles. The number of nitrogens with two attached hydrogens (primary N) is 1. The number of benzene rings is 1. The first-order valence-electron chi connectivity index (χ1n) is 5.70. The van der Waals surface area contributed by atoms with Crippen LogP contribution in [0.3, 0.4) is 0 Å². The smallest absolute Gasteiger partial charge is 0.255 e. The van der Waals surface area contributed by atoms with Crippen molar-refractivity contribution >= 4 is 5.69 Å². The molecule has 0 radical (unpaired) electrons. The highest BCUT2D eigenvalue weighted by molar-refractivity contribution is 5.52. The van der Waals surface area contributed by atoms with Crippen molar-refractivity contribution in [3.8, 4) is 5.69 Å². The molecule has 0 fully saturated rings. The molecule has 0 unspecified atom stereocenters. The molecule has 0 saturated carbocycles. The van der Waals surface area contributed by atoms with Gasteiger partial charge in [-0.3, -0.25) is 9.36 Å². The van der Waals surface area contributed by atoms with Gasteiger partial charge in [0.25, 0.3) is 5.56 Å². The fraction of sp³-hybridized carbons (Fsp3) is 0.214. The van der Waals surface area contributed by atoms with Crippen molar-refractivity contribution in [1.29, 1.82) is 0 Å². The van der Waals surface area contributed by atoms with Gasteiger partial charge in [0.15, 0.2) is 0 Å². The number of nitrogen functional groups attached to an aromatic ring is 1. The minimum Gasteiger partial charge on any atom is -0.399 e. The predicted octanol–water partition coefficient (Wildman–Crippen LogP) is 2.29. The van der Waals surface area contributed by atoms with Gasteiger partial charge in [-0.15, -0.1) is 0 Å². The average Bonchev–Trinajstić information content (AvgIpc) is 2.32. The summed E-state index contributed by atoms with van der Waals surface area (Å²) in [6.45, 7) is 3.97. The Morgan fingerprint density at radius 1 is 1.24 bits per heavy atom. The SMILES string of the molecule is CCc1ccn(-c2ccc(N)c(C)c2)c(=O)c1. The van der Waals surface area contributed by atoms with Gasteiger partial charge in [-0.05, 0) is 48.7 Å². The van der Waals surface area contributed by atoms with Gasteiger partial charge in [0.05, 0.1) is 0 Å². The summed E-state index contributed by atoms with van der Waals surface area (Å²) in [4.78, 5) is 11.9. The Morgan fingerprint density at radius 3 is 2.59 bits per heavy atom. The van der Waals surface area contributed by atoms with E-state index in [4.69, 9.17) is 5.73 Å². The third kappa shape index (κ3) is 2.23. The standard InChI is InChI=1S/C14H16N2O/c1-3-11-6-7-16(14(17)9-11)12-4-5-13(15)10(2)8-12/h4-9H,3,15H2,1-2H3. The van der Waals surface area contributed by atoms with Crippen molar-refractivity contribution in [1.82, 2.24) is 4.57 Å². The van der Waals surface area contributed by atoms with Gasteiger partial charge in [0.1, 0.15) is 0 Å². The van der Waals surface area contributed by atoms with Gasteiger partial charge in [-0.1, -0.05) is 6.92 Å². The lowest BCUT2D eigenvalue weighted by Crippen LogP contribution is -2.17. The number of aryl methyl sites for hydroxylation is 2. The van der Waals surface area contributed by atoms with Crippen LogP contribution < -0.4 is 11.3 Å². The van der Waals surface area contributed by atoms with Crippen LogP contribution in [0.4, 0.5) is 5.69 Å². The first-order valence-corrected chi connectivity index (χ1v) is 5.70. The lowest BCUT2D eigenvalue weighted by molar-refractivity contribution is 0.964. The Hall–Kier alpha value is -2.03. The normalized spacial score (nSPS) is 10.5. The third-order valence-electron chi connectivity index (χ3n) is 2.92. The maximum absolute atomic E-state index is 11.9. The highest BCUT2D eigenvalue weighted by Gasteiger charge is 2.02. The fourth-order valence-corrected chi connectivity index (χ4v) is 1.76. The van der Waals surface area contributed by atoms with Crippen LogP contribution in [0.5, 0.6) is 0 Å². The lowest BCUT2D eigenvalue weighted by Gasteiger charge is -2.08. The van der Waals surface area contributed by atoms with Gasteiger partial charge in [-0.25, -0.2) is 0 Å². The minimum atomic E-state index is -0.00600. The van der Waals surface area contributed by atoms with Gasteiger partial charge in [-0.2, -0.15) is 0 Å². The van der Waals surface area contributed by atoms with Crippen molar-refractivity contribution < 1.29 is 0 Å². The summed E-state index contributed by atoms with van der Waals surface area (Å²) in [6, 6.07) is 9.24. The van der Waals surface area contributed by atoms with Gasteiger partial charge < -0.3 is 5.73 Å². The molecule has 0 saturated heterocycles. The van der Waals surface area contributed by atoms with Crippen molar-refractivity contribution in [2.24, 2.45) is 0 Å². The van der Waals surface area contributed by atoms with Gasteiger partial charge >= 0.3 is 0 Å². The second kappa shape index (κ2) is 4.45. The van der Waals surface area contributed by atoms with Crippen LogP contribution in [0.2, 0.25) is 0 Å². The maximum atomic E-state index is 11.9. The molecule has 1 aromatic carbocycles. The number of hydrogen-bond donors (Lipinski definition) is 1. The van der Waals surface area contributed by atoms with E-state index in [1.165, 1.54) is 0 Å². The molecule has 0 amide bonds. The molecule has 0 aliphatic rings. The summed E-state index contributed by atoms with van der Waals surface area (Å²) < 4.78 is 1.63. The molecule has 2 N–H and O–H groups in total. The van der Waals surface area contributed by atoms with E-state index < -0.39 is 0 Å². The zero-order chi connectivity index (χ0) is 12.4. The summed E-state index contributed by atoms with van der Waals surface area (Å²) in [7, 11) is 0. The van der Waals surface area contributed by atoms with E-state index in [0.717, 1.165) is 28.9 Å². The molecule has 0 aliphatic carbocycles. The second-order valence-electron chi connectivity index (χ2n) is 4.14. The molecule has 88 valence electrons. The van der Waals surface area contributed by atoms with Crippen LogP contribution in [-0.2, 0) is 6.42 Å². The van der Waals surface area contributed by atoms with E-state index in [2.05, 4.69) is 0 Å². The van der Waals surface area contributed by atoms with Crippen molar-refractivity contribution in [2.45, 2.75) is 20.3 Å². The molecule has 1 heterocycles. The summed E-state index contributed by atoms with van der Waals surface area (Å²) >= 11 is 0. The number of anilines is 1. The summed E-state index contributed by atoms with van der Waals surface area (Å²) in [6.07, 6.45) is 2.68. The topological polar surface area (TPSA) is 48.0 Å². The van der Waals surface area contributed by atoms with E-state index in [1.54, 1.807) is 10.6 Å². The first-order chi connectivity index (χ1) is 8.11. The Kier molecular flexibility index (Phi) is 3.00. The largest absolute Gasteiger partial charge is 0.399 e. The lowest BCUT2D eigenvalue weighted by atomic mass is 10.1. The average molecular weight is 228 g/mol. The fourth-order valence-electron chi connectivity index (χ4n) is 1.76. The van der Waals surface area contributed by atoms with Crippen molar-refractivity contribution in [3.05, 3.63) is 58.0 Å². The summed E-state index contributed by atoms with van der Waals surface area (Å²) in [5.74, 6) is 0. The highest BCUT2D eigenvalue weighted by atomic mass is 16.1. The molecule has 0 aliphatic heterocycles. The number of rotatable bonds is 2.